The molecule has 4 rings (SSSR count). The number of hydrogen-bond donors (Lipinski definition) is 1. The lowest BCUT2D eigenvalue weighted by atomic mass is 9.95. The molecule has 2 aliphatic rings. The molecule has 2 saturated heterocycles. The van der Waals surface area contributed by atoms with Crippen molar-refractivity contribution in [3.63, 3.8) is 0 Å². The van der Waals surface area contributed by atoms with Crippen LogP contribution in [0.25, 0.3) is 6.08 Å². The SMILES string of the molecule is O=C(C1CCN(c2nccc(C(F)(F)F)n2)CC1)N1CC[C@H](CNS(=O)(=O)/C=C/c2ccc(Cl)s2)C1. The van der Waals surface area contributed by atoms with Crippen LogP contribution < -0.4 is 9.62 Å². The van der Waals surface area contributed by atoms with Crippen LogP contribution in [0.1, 0.15) is 29.8 Å². The fraction of sp³-hybridized carbons (Fsp3) is 0.500. The van der Waals surface area contributed by atoms with Crippen LogP contribution in [0.15, 0.2) is 29.8 Å². The third-order valence-corrected chi connectivity index (χ3v) is 8.50. The molecule has 2 aliphatic heterocycles. The molecule has 0 aliphatic carbocycles. The van der Waals surface area contributed by atoms with E-state index in [1.165, 1.54) is 17.4 Å². The van der Waals surface area contributed by atoms with Crippen molar-refractivity contribution in [2.24, 2.45) is 11.8 Å². The standard InChI is InChI=1S/C22H25ClF3N5O3S2/c23-19-2-1-17(35-19)7-12-36(33,34)28-13-15-4-9-31(14-15)20(32)16-5-10-30(11-6-16)21-27-8-3-18(29-21)22(24,25)26/h1-3,7-8,12,15-16,28H,4-6,9-11,13-14H2/b12-7+/t15-/m1/s1. The van der Waals surface area contributed by atoms with E-state index in [0.29, 0.717) is 49.8 Å². The minimum Gasteiger partial charge on any atom is -0.342 e. The van der Waals surface area contributed by atoms with Crippen molar-refractivity contribution in [2.45, 2.75) is 25.4 Å². The molecule has 0 aromatic carbocycles. The molecule has 2 fully saturated rings. The number of piperidine rings is 1. The highest BCUT2D eigenvalue weighted by Gasteiger charge is 2.35. The Morgan fingerprint density at radius 1 is 1.19 bits per heavy atom. The minimum absolute atomic E-state index is 0.000521. The second-order valence-corrected chi connectivity index (χ2v) is 12.2. The summed E-state index contributed by atoms with van der Waals surface area (Å²) >= 11 is 7.13. The molecule has 14 heteroatoms. The fourth-order valence-electron chi connectivity index (χ4n) is 4.30. The third-order valence-electron chi connectivity index (χ3n) is 6.24. The molecular formula is C22H25ClF3N5O3S2. The number of likely N-dealkylation sites (tertiary alicyclic amines) is 1. The number of amides is 1. The average Bonchev–Trinajstić information content (AvgIpc) is 3.50. The van der Waals surface area contributed by atoms with Gasteiger partial charge in [0.1, 0.15) is 5.69 Å². The van der Waals surface area contributed by atoms with Gasteiger partial charge in [-0.1, -0.05) is 11.6 Å². The number of halogens is 4. The van der Waals surface area contributed by atoms with Crippen molar-refractivity contribution >= 4 is 50.9 Å². The summed E-state index contributed by atoms with van der Waals surface area (Å²) in [5, 5.41) is 1.11. The van der Waals surface area contributed by atoms with E-state index < -0.39 is 21.9 Å². The molecule has 0 bridgehead atoms. The maximum absolute atomic E-state index is 13.0. The van der Waals surface area contributed by atoms with E-state index in [2.05, 4.69) is 14.7 Å². The first-order valence-corrected chi connectivity index (χ1v) is 14.1. The Hall–Kier alpha value is -2.22. The van der Waals surface area contributed by atoms with Gasteiger partial charge < -0.3 is 9.80 Å². The van der Waals surface area contributed by atoms with E-state index in [1.54, 1.807) is 21.9 Å². The Morgan fingerprint density at radius 2 is 1.94 bits per heavy atom. The zero-order valence-corrected chi connectivity index (χ0v) is 21.5. The van der Waals surface area contributed by atoms with Crippen molar-refractivity contribution in [3.05, 3.63) is 44.7 Å². The van der Waals surface area contributed by atoms with E-state index in [9.17, 15) is 26.4 Å². The number of sulfonamides is 1. The number of carbonyl (C=O) groups excluding carboxylic acids is 1. The summed E-state index contributed by atoms with van der Waals surface area (Å²) in [7, 11) is -3.62. The van der Waals surface area contributed by atoms with Crippen LogP contribution in [0.5, 0.6) is 0 Å². The lowest BCUT2D eigenvalue weighted by Gasteiger charge is -2.33. The van der Waals surface area contributed by atoms with Gasteiger partial charge in [-0.25, -0.2) is 23.1 Å². The van der Waals surface area contributed by atoms with Crippen LogP contribution in [0.2, 0.25) is 4.34 Å². The first kappa shape index (κ1) is 26.8. The maximum atomic E-state index is 13.0. The Labute approximate surface area is 216 Å². The van der Waals surface area contributed by atoms with Gasteiger partial charge in [0.05, 0.1) is 4.34 Å². The molecule has 0 unspecified atom stereocenters. The van der Waals surface area contributed by atoms with Crippen LogP contribution in [-0.4, -0.2) is 61.9 Å². The molecule has 0 radical (unpaired) electrons. The van der Waals surface area contributed by atoms with Crippen LogP contribution in [0.3, 0.4) is 0 Å². The summed E-state index contributed by atoms with van der Waals surface area (Å²) in [6.45, 7) is 2.01. The molecule has 1 N–H and O–H groups in total. The highest BCUT2D eigenvalue weighted by molar-refractivity contribution is 7.92. The molecule has 8 nitrogen and oxygen atoms in total. The number of nitrogens with one attached hydrogen (secondary N) is 1. The normalized spacial score (nSPS) is 19.9. The van der Waals surface area contributed by atoms with E-state index >= 15 is 0 Å². The van der Waals surface area contributed by atoms with Gasteiger partial charge >= 0.3 is 6.18 Å². The molecular weight excluding hydrogens is 539 g/mol. The van der Waals surface area contributed by atoms with Gasteiger partial charge in [-0.15, -0.1) is 11.3 Å². The second kappa shape index (κ2) is 11.0. The molecule has 36 heavy (non-hydrogen) atoms. The first-order chi connectivity index (χ1) is 17.0. The summed E-state index contributed by atoms with van der Waals surface area (Å²) in [5.74, 6) is -0.213. The summed E-state index contributed by atoms with van der Waals surface area (Å²) < 4.78 is 66.5. The van der Waals surface area contributed by atoms with Crippen molar-refractivity contribution in [3.8, 4) is 0 Å². The number of hydrogen-bond acceptors (Lipinski definition) is 7. The highest BCUT2D eigenvalue weighted by Crippen LogP contribution is 2.30. The zero-order chi connectivity index (χ0) is 25.9. The van der Waals surface area contributed by atoms with Crippen LogP contribution in [-0.2, 0) is 21.0 Å². The lowest BCUT2D eigenvalue weighted by molar-refractivity contribution is -0.141. The quantitative estimate of drug-likeness (QED) is 0.549. The highest BCUT2D eigenvalue weighted by atomic mass is 35.5. The number of carbonyl (C=O) groups is 1. The molecule has 4 heterocycles. The monoisotopic (exact) mass is 563 g/mol. The molecule has 0 saturated carbocycles. The van der Waals surface area contributed by atoms with Crippen LogP contribution in [0, 0.1) is 11.8 Å². The van der Waals surface area contributed by atoms with Crippen LogP contribution >= 0.6 is 22.9 Å². The Morgan fingerprint density at radius 3 is 2.61 bits per heavy atom. The molecule has 2 aromatic heterocycles. The van der Waals surface area contributed by atoms with Gasteiger partial charge in [-0.2, -0.15) is 13.2 Å². The molecule has 196 valence electrons. The summed E-state index contributed by atoms with van der Waals surface area (Å²) in [6.07, 6.45) is -0.293. The molecule has 1 atom stereocenters. The summed E-state index contributed by atoms with van der Waals surface area (Å²) in [5.41, 5.74) is -0.990. The summed E-state index contributed by atoms with van der Waals surface area (Å²) in [6, 6.07) is 4.26. The zero-order valence-electron chi connectivity index (χ0n) is 19.1. The predicted molar refractivity (Wildman–Crippen MR) is 132 cm³/mol. The number of rotatable bonds is 7. The van der Waals surface area contributed by atoms with Gasteiger partial charge in [0, 0.05) is 55.1 Å². The van der Waals surface area contributed by atoms with E-state index in [0.717, 1.165) is 22.5 Å². The van der Waals surface area contributed by atoms with Gasteiger partial charge in [0.2, 0.25) is 21.9 Å². The van der Waals surface area contributed by atoms with Gasteiger partial charge in [-0.05, 0) is 49.5 Å². The van der Waals surface area contributed by atoms with Gasteiger partial charge in [-0.3, -0.25) is 4.79 Å². The number of aromatic nitrogens is 2. The Balaban J connectivity index is 1.24. The number of nitrogens with zero attached hydrogens (tertiary/aromatic N) is 4. The molecule has 2 aromatic rings. The number of anilines is 1. The Kier molecular flexibility index (Phi) is 8.22. The maximum Gasteiger partial charge on any atom is 0.433 e. The van der Waals surface area contributed by atoms with E-state index in [4.69, 9.17) is 11.6 Å². The smallest absolute Gasteiger partial charge is 0.342 e. The van der Waals surface area contributed by atoms with Gasteiger partial charge in [0.25, 0.3) is 0 Å². The summed E-state index contributed by atoms with van der Waals surface area (Å²) in [4.78, 5) is 24.7. The predicted octanol–water partition coefficient (Wildman–Crippen LogP) is 3.87. The lowest BCUT2D eigenvalue weighted by Crippen LogP contribution is -2.42. The second-order valence-electron chi connectivity index (χ2n) is 8.78. The Bertz CT molecular complexity index is 1210. The van der Waals surface area contributed by atoms with Crippen LogP contribution in [0.4, 0.5) is 19.1 Å². The first-order valence-electron chi connectivity index (χ1n) is 11.4. The topological polar surface area (TPSA) is 95.5 Å². The van der Waals surface area contributed by atoms with Gasteiger partial charge in [0.15, 0.2) is 0 Å². The number of thiophene rings is 1. The largest absolute Gasteiger partial charge is 0.433 e. The average molecular weight is 564 g/mol. The van der Waals surface area contributed by atoms with E-state index in [-0.39, 0.29) is 30.2 Å². The number of alkyl halides is 3. The molecule has 0 spiro atoms. The van der Waals surface area contributed by atoms with E-state index in [1.807, 2.05) is 0 Å². The van der Waals surface area contributed by atoms with Crippen molar-refractivity contribution in [1.29, 1.82) is 0 Å². The molecule has 1 amide bonds. The fourth-order valence-corrected chi connectivity index (χ4v) is 6.24. The minimum atomic E-state index is -4.54. The van der Waals surface area contributed by atoms with Crippen molar-refractivity contribution in [2.75, 3.05) is 37.6 Å². The third kappa shape index (κ3) is 6.96. The van der Waals surface area contributed by atoms with Crippen molar-refractivity contribution in [1.82, 2.24) is 19.6 Å². The van der Waals surface area contributed by atoms with Crippen molar-refractivity contribution < 1.29 is 26.4 Å².